The van der Waals surface area contributed by atoms with Crippen LogP contribution < -0.4 is 5.32 Å². The van der Waals surface area contributed by atoms with E-state index in [1.807, 2.05) is 45.0 Å². The topological polar surface area (TPSA) is 64.6 Å². The summed E-state index contributed by atoms with van der Waals surface area (Å²) in [7, 11) is 0. The fraction of sp³-hybridized carbons (Fsp3) is 0.500. The Morgan fingerprint density at radius 1 is 1.18 bits per heavy atom. The average Bonchev–Trinajstić information content (AvgIpc) is 2.42. The molecule has 5 nitrogen and oxygen atoms in total. The number of amides is 1. The third kappa shape index (κ3) is 7.31. The molecule has 22 heavy (non-hydrogen) atoms. The number of carbonyl (C=O) groups is 2. The first-order chi connectivity index (χ1) is 10.3. The van der Waals surface area contributed by atoms with E-state index in [1.165, 1.54) is 0 Å². The maximum Gasteiger partial charge on any atom is 0.407 e. The van der Waals surface area contributed by atoms with Crippen LogP contribution in [0.2, 0.25) is 0 Å². The van der Waals surface area contributed by atoms with E-state index in [0.717, 1.165) is 11.1 Å². The SMILES string of the molecule is CC(C)(C)OC(=O)NCc1ccccc1CCC(=O)OCCl. The minimum atomic E-state index is -0.533. The van der Waals surface area contributed by atoms with Crippen LogP contribution in [0.5, 0.6) is 0 Å². The molecule has 122 valence electrons. The molecule has 0 unspecified atom stereocenters. The first-order valence-electron chi connectivity index (χ1n) is 7.07. The Hall–Kier alpha value is -1.75. The minimum absolute atomic E-state index is 0.138. The van der Waals surface area contributed by atoms with Crippen molar-refractivity contribution in [3.8, 4) is 0 Å². The molecule has 0 radical (unpaired) electrons. The normalized spacial score (nSPS) is 10.9. The number of ether oxygens (including phenoxy) is 2. The predicted octanol–water partition coefficient (Wildman–Crippen LogP) is 3.38. The number of nitrogens with one attached hydrogen (secondary N) is 1. The molecule has 1 aromatic rings. The first-order valence-corrected chi connectivity index (χ1v) is 7.60. The van der Waals surface area contributed by atoms with Gasteiger partial charge in [-0.3, -0.25) is 4.79 Å². The molecule has 1 aromatic carbocycles. The van der Waals surface area contributed by atoms with Crippen molar-refractivity contribution in [1.29, 1.82) is 0 Å². The second kappa shape index (κ2) is 8.63. The summed E-state index contributed by atoms with van der Waals surface area (Å²) in [4.78, 5) is 23.0. The van der Waals surface area contributed by atoms with Gasteiger partial charge in [-0.1, -0.05) is 35.9 Å². The molecular weight excluding hydrogens is 306 g/mol. The Morgan fingerprint density at radius 2 is 1.82 bits per heavy atom. The Kier molecular flexibility index (Phi) is 7.18. The smallest absolute Gasteiger partial charge is 0.407 e. The lowest BCUT2D eigenvalue weighted by Gasteiger charge is -2.20. The molecule has 0 spiro atoms. The predicted molar refractivity (Wildman–Crippen MR) is 84.6 cm³/mol. The summed E-state index contributed by atoms with van der Waals surface area (Å²) in [5, 5.41) is 2.71. The van der Waals surface area contributed by atoms with Crippen LogP contribution in [0.3, 0.4) is 0 Å². The second-order valence-electron chi connectivity index (χ2n) is 5.75. The summed E-state index contributed by atoms with van der Waals surface area (Å²) >= 11 is 5.34. The molecule has 1 N–H and O–H groups in total. The number of halogens is 1. The summed E-state index contributed by atoms with van der Waals surface area (Å²) in [6, 6.07) is 7.45. The summed E-state index contributed by atoms with van der Waals surface area (Å²) in [5.74, 6) is -0.343. The van der Waals surface area contributed by atoms with Crippen molar-refractivity contribution in [2.24, 2.45) is 0 Å². The van der Waals surface area contributed by atoms with Gasteiger partial charge in [-0.25, -0.2) is 4.79 Å². The molecule has 0 aromatic heterocycles. The van der Waals surface area contributed by atoms with E-state index >= 15 is 0 Å². The van der Waals surface area contributed by atoms with Crippen molar-refractivity contribution in [3.05, 3.63) is 35.4 Å². The lowest BCUT2D eigenvalue weighted by molar-refractivity contribution is -0.141. The molecule has 0 bridgehead atoms. The number of hydrogen-bond donors (Lipinski definition) is 1. The molecule has 0 saturated carbocycles. The highest BCUT2D eigenvalue weighted by atomic mass is 35.5. The van der Waals surface area contributed by atoms with Crippen molar-refractivity contribution >= 4 is 23.7 Å². The summed E-state index contributed by atoms with van der Waals surface area (Å²) in [6.45, 7) is 5.77. The number of rotatable bonds is 6. The van der Waals surface area contributed by atoms with Crippen molar-refractivity contribution in [2.45, 2.75) is 45.8 Å². The van der Waals surface area contributed by atoms with Gasteiger partial charge in [-0.05, 0) is 38.3 Å². The van der Waals surface area contributed by atoms with Gasteiger partial charge >= 0.3 is 12.1 Å². The van der Waals surface area contributed by atoms with Gasteiger partial charge in [0, 0.05) is 13.0 Å². The number of alkyl halides is 1. The largest absolute Gasteiger partial charge is 0.449 e. The van der Waals surface area contributed by atoms with Crippen LogP contribution in [0.25, 0.3) is 0 Å². The number of alkyl carbamates (subject to hydrolysis) is 1. The molecule has 0 heterocycles. The Balaban J connectivity index is 2.56. The molecule has 0 aliphatic rings. The Labute approximate surface area is 135 Å². The highest BCUT2D eigenvalue weighted by molar-refractivity contribution is 6.17. The van der Waals surface area contributed by atoms with Crippen LogP contribution in [0.4, 0.5) is 4.79 Å². The lowest BCUT2D eigenvalue weighted by atomic mass is 10.0. The van der Waals surface area contributed by atoms with Crippen LogP contribution in [-0.4, -0.2) is 23.7 Å². The van der Waals surface area contributed by atoms with E-state index in [-0.39, 0.29) is 18.5 Å². The highest BCUT2D eigenvalue weighted by Crippen LogP contribution is 2.12. The molecule has 0 saturated heterocycles. The quantitative estimate of drug-likeness (QED) is 0.642. The van der Waals surface area contributed by atoms with E-state index in [9.17, 15) is 9.59 Å². The molecule has 1 rings (SSSR count). The van der Waals surface area contributed by atoms with E-state index in [4.69, 9.17) is 21.1 Å². The third-order valence-electron chi connectivity index (χ3n) is 2.75. The zero-order valence-corrected chi connectivity index (χ0v) is 13.9. The molecule has 6 heteroatoms. The molecule has 1 amide bonds. The Morgan fingerprint density at radius 3 is 2.41 bits per heavy atom. The molecule has 0 aliphatic carbocycles. The van der Waals surface area contributed by atoms with Gasteiger partial charge in [0.2, 0.25) is 0 Å². The fourth-order valence-electron chi connectivity index (χ4n) is 1.83. The van der Waals surface area contributed by atoms with Gasteiger partial charge in [0.15, 0.2) is 6.07 Å². The average molecular weight is 328 g/mol. The van der Waals surface area contributed by atoms with Gasteiger partial charge in [0.1, 0.15) is 5.60 Å². The maximum atomic E-state index is 11.7. The van der Waals surface area contributed by atoms with Gasteiger partial charge in [0.05, 0.1) is 0 Å². The minimum Gasteiger partial charge on any atom is -0.449 e. The van der Waals surface area contributed by atoms with Gasteiger partial charge in [-0.15, -0.1) is 0 Å². The summed E-state index contributed by atoms with van der Waals surface area (Å²) in [5.41, 5.74) is 1.38. The summed E-state index contributed by atoms with van der Waals surface area (Å²) < 4.78 is 9.88. The molecule has 0 aliphatic heterocycles. The number of carbonyl (C=O) groups excluding carboxylic acids is 2. The van der Waals surface area contributed by atoms with Crippen molar-refractivity contribution in [1.82, 2.24) is 5.32 Å². The zero-order chi connectivity index (χ0) is 16.6. The maximum absolute atomic E-state index is 11.7. The zero-order valence-electron chi connectivity index (χ0n) is 13.1. The monoisotopic (exact) mass is 327 g/mol. The van der Waals surface area contributed by atoms with Gasteiger partial charge < -0.3 is 14.8 Å². The third-order valence-corrected chi connectivity index (χ3v) is 2.86. The van der Waals surface area contributed by atoms with Crippen LogP contribution >= 0.6 is 11.6 Å². The van der Waals surface area contributed by atoms with Crippen LogP contribution in [0.15, 0.2) is 24.3 Å². The van der Waals surface area contributed by atoms with E-state index in [0.29, 0.717) is 13.0 Å². The standard InChI is InChI=1S/C16H22ClNO4/c1-16(2,3)22-15(20)18-10-13-7-5-4-6-12(13)8-9-14(19)21-11-17/h4-7H,8-11H2,1-3H3,(H,18,20). The van der Waals surface area contributed by atoms with Crippen LogP contribution in [0.1, 0.15) is 38.3 Å². The Bertz CT molecular complexity index is 511. The van der Waals surface area contributed by atoms with Gasteiger partial charge in [-0.2, -0.15) is 0 Å². The van der Waals surface area contributed by atoms with Crippen molar-refractivity contribution in [3.63, 3.8) is 0 Å². The van der Waals surface area contributed by atoms with E-state index in [1.54, 1.807) is 0 Å². The highest BCUT2D eigenvalue weighted by Gasteiger charge is 2.16. The number of aryl methyl sites for hydroxylation is 1. The second-order valence-corrected chi connectivity index (χ2v) is 5.97. The molecular formula is C16H22ClNO4. The van der Waals surface area contributed by atoms with Crippen LogP contribution in [-0.2, 0) is 27.2 Å². The van der Waals surface area contributed by atoms with Gasteiger partial charge in [0.25, 0.3) is 0 Å². The summed E-state index contributed by atoms with van der Waals surface area (Å²) in [6.07, 6.45) is 0.307. The van der Waals surface area contributed by atoms with E-state index < -0.39 is 11.7 Å². The lowest BCUT2D eigenvalue weighted by Crippen LogP contribution is -2.32. The molecule has 0 atom stereocenters. The number of esters is 1. The first kappa shape index (κ1) is 18.3. The number of benzene rings is 1. The number of hydrogen-bond acceptors (Lipinski definition) is 4. The van der Waals surface area contributed by atoms with Crippen molar-refractivity contribution in [2.75, 3.05) is 6.07 Å². The molecule has 0 fully saturated rings. The van der Waals surface area contributed by atoms with E-state index in [2.05, 4.69) is 5.32 Å². The van der Waals surface area contributed by atoms with Crippen molar-refractivity contribution < 1.29 is 19.1 Å². The van der Waals surface area contributed by atoms with Crippen LogP contribution in [0, 0.1) is 0 Å². The fourth-order valence-corrected chi connectivity index (χ4v) is 1.95.